The van der Waals surface area contributed by atoms with E-state index in [1.165, 1.54) is 0 Å². The van der Waals surface area contributed by atoms with Gasteiger partial charge in [0.1, 0.15) is 5.82 Å². The van der Waals surface area contributed by atoms with Gasteiger partial charge in [-0.1, -0.05) is 30.8 Å². The average molecular weight is 387 g/mol. The number of thioether (sulfide) groups is 1. The normalized spacial score (nSPS) is 14.2. The first-order valence-electron chi connectivity index (χ1n) is 9.40. The maximum atomic E-state index is 11.8. The van der Waals surface area contributed by atoms with Crippen LogP contribution in [0.25, 0.3) is 0 Å². The number of anilines is 1. The molecule has 0 aliphatic carbocycles. The third-order valence-corrected chi connectivity index (χ3v) is 5.28. The molecule has 1 aromatic carbocycles. The molecule has 0 saturated carbocycles. The Hall–Kier alpha value is -2.12. The highest BCUT2D eigenvalue weighted by Gasteiger charge is 2.15. The average Bonchev–Trinajstić information content (AvgIpc) is 2.73. The van der Waals surface area contributed by atoms with Crippen LogP contribution in [0, 0.1) is 0 Å². The second kappa shape index (κ2) is 9.71. The molecule has 1 aromatic heterocycles. The maximum Gasteiger partial charge on any atom is 0.251 e. The number of benzene rings is 1. The molecular formula is C20H26N4O2S. The number of hydrogen-bond acceptors (Lipinski definition) is 6. The Morgan fingerprint density at radius 3 is 2.59 bits per heavy atom. The molecule has 1 fully saturated rings. The lowest BCUT2D eigenvalue weighted by Crippen LogP contribution is -2.37. The topological polar surface area (TPSA) is 67.4 Å². The zero-order chi connectivity index (χ0) is 19.1. The van der Waals surface area contributed by atoms with Crippen molar-refractivity contribution in [3.8, 4) is 0 Å². The Morgan fingerprint density at radius 2 is 1.93 bits per heavy atom. The predicted octanol–water partition coefficient (Wildman–Crippen LogP) is 2.92. The summed E-state index contributed by atoms with van der Waals surface area (Å²) in [6.07, 6.45) is 0.884. The fourth-order valence-corrected chi connectivity index (χ4v) is 3.65. The summed E-state index contributed by atoms with van der Waals surface area (Å²) in [5.74, 6) is 1.72. The largest absolute Gasteiger partial charge is 0.378 e. The van der Waals surface area contributed by atoms with Crippen LogP contribution in [0.2, 0.25) is 0 Å². The molecule has 3 rings (SSSR count). The Morgan fingerprint density at radius 1 is 1.19 bits per heavy atom. The number of aromatic nitrogens is 2. The van der Waals surface area contributed by atoms with E-state index in [2.05, 4.69) is 28.2 Å². The zero-order valence-corrected chi connectivity index (χ0v) is 16.7. The summed E-state index contributed by atoms with van der Waals surface area (Å²) in [5.41, 5.74) is 2.89. The summed E-state index contributed by atoms with van der Waals surface area (Å²) in [7, 11) is 0. The van der Waals surface area contributed by atoms with E-state index in [4.69, 9.17) is 9.72 Å². The molecule has 0 radical (unpaired) electrons. The highest BCUT2D eigenvalue weighted by molar-refractivity contribution is 7.98. The van der Waals surface area contributed by atoms with Gasteiger partial charge in [0.05, 0.1) is 13.2 Å². The molecule has 1 amide bonds. The lowest BCUT2D eigenvalue weighted by molar-refractivity contribution is 0.0956. The molecule has 2 heterocycles. The van der Waals surface area contributed by atoms with Crippen molar-refractivity contribution in [1.29, 1.82) is 0 Å². The van der Waals surface area contributed by atoms with Gasteiger partial charge in [-0.3, -0.25) is 4.79 Å². The van der Waals surface area contributed by atoms with Crippen LogP contribution >= 0.6 is 11.8 Å². The van der Waals surface area contributed by atoms with Crippen LogP contribution in [0.3, 0.4) is 0 Å². The van der Waals surface area contributed by atoms with Gasteiger partial charge >= 0.3 is 0 Å². The molecule has 144 valence electrons. The highest BCUT2D eigenvalue weighted by atomic mass is 32.2. The first kappa shape index (κ1) is 19.6. The van der Waals surface area contributed by atoms with Crippen LogP contribution < -0.4 is 10.2 Å². The first-order valence-corrected chi connectivity index (χ1v) is 10.4. The number of rotatable bonds is 7. The van der Waals surface area contributed by atoms with E-state index in [-0.39, 0.29) is 5.91 Å². The molecule has 2 aromatic rings. The number of nitrogens with zero attached hydrogens (tertiary/aromatic N) is 3. The molecule has 7 heteroatoms. The Labute approximate surface area is 164 Å². The quantitative estimate of drug-likeness (QED) is 0.583. The molecular weight excluding hydrogens is 360 g/mol. The van der Waals surface area contributed by atoms with Gasteiger partial charge in [-0.15, -0.1) is 0 Å². The van der Waals surface area contributed by atoms with Crippen molar-refractivity contribution in [2.75, 3.05) is 37.7 Å². The predicted molar refractivity (Wildman–Crippen MR) is 108 cm³/mol. The first-order chi connectivity index (χ1) is 13.2. The summed E-state index contributed by atoms with van der Waals surface area (Å²) in [6.45, 7) is 7.88. The number of morpholine rings is 1. The van der Waals surface area contributed by atoms with Gasteiger partial charge in [-0.05, 0) is 31.0 Å². The van der Waals surface area contributed by atoms with Crippen LogP contribution in [0.5, 0.6) is 0 Å². The lowest BCUT2D eigenvalue weighted by atomic mass is 10.1. The van der Waals surface area contributed by atoms with Gasteiger partial charge < -0.3 is 15.0 Å². The molecule has 0 spiro atoms. The summed E-state index contributed by atoms with van der Waals surface area (Å²) in [4.78, 5) is 23.5. The molecule has 0 atom stereocenters. The molecule has 0 bridgehead atoms. The van der Waals surface area contributed by atoms with E-state index in [9.17, 15) is 4.79 Å². The van der Waals surface area contributed by atoms with Crippen molar-refractivity contribution in [2.45, 2.75) is 31.2 Å². The van der Waals surface area contributed by atoms with Crippen molar-refractivity contribution in [2.24, 2.45) is 0 Å². The number of carbonyl (C=O) groups is 1. The number of hydrogen-bond donors (Lipinski definition) is 1. The summed E-state index contributed by atoms with van der Waals surface area (Å²) in [5, 5.41) is 3.61. The van der Waals surface area contributed by atoms with Crippen molar-refractivity contribution in [3.63, 3.8) is 0 Å². The standard InChI is InChI=1S/C20H26N4O2S/c1-3-17-13-18(24-9-11-26-12-10-24)23-20(22-17)27-14-15-5-7-16(8-6-15)19(25)21-4-2/h5-8,13H,3-4,9-12,14H2,1-2H3,(H,21,25). The van der Waals surface area contributed by atoms with Crippen LogP contribution in [0.15, 0.2) is 35.5 Å². The number of ether oxygens (including phenoxy) is 1. The number of carbonyl (C=O) groups excluding carboxylic acids is 1. The second-order valence-corrected chi connectivity index (χ2v) is 7.24. The van der Waals surface area contributed by atoms with Crippen LogP contribution in [-0.4, -0.2) is 48.7 Å². The monoisotopic (exact) mass is 386 g/mol. The third kappa shape index (κ3) is 5.43. The van der Waals surface area contributed by atoms with Gasteiger partial charge in [0, 0.05) is 42.7 Å². The van der Waals surface area contributed by atoms with Crippen molar-refractivity contribution < 1.29 is 9.53 Å². The SMILES string of the molecule is CCNC(=O)c1ccc(CSc2nc(CC)cc(N3CCOCC3)n2)cc1. The second-order valence-electron chi connectivity index (χ2n) is 6.30. The van der Waals surface area contributed by atoms with Gasteiger partial charge in [0.15, 0.2) is 5.16 Å². The van der Waals surface area contributed by atoms with E-state index in [0.717, 1.165) is 60.7 Å². The highest BCUT2D eigenvalue weighted by Crippen LogP contribution is 2.24. The molecule has 1 aliphatic rings. The van der Waals surface area contributed by atoms with E-state index < -0.39 is 0 Å². The third-order valence-electron chi connectivity index (χ3n) is 4.36. The Kier molecular flexibility index (Phi) is 7.06. The van der Waals surface area contributed by atoms with Crippen LogP contribution in [0.4, 0.5) is 5.82 Å². The fraction of sp³-hybridized carbons (Fsp3) is 0.450. The molecule has 1 N–H and O–H groups in total. The zero-order valence-electron chi connectivity index (χ0n) is 15.9. The Balaban J connectivity index is 1.67. The maximum absolute atomic E-state index is 11.8. The molecule has 27 heavy (non-hydrogen) atoms. The number of nitrogens with one attached hydrogen (secondary N) is 1. The minimum absolute atomic E-state index is 0.0363. The van der Waals surface area contributed by atoms with Gasteiger partial charge in [-0.2, -0.15) is 0 Å². The minimum Gasteiger partial charge on any atom is -0.378 e. The smallest absolute Gasteiger partial charge is 0.251 e. The van der Waals surface area contributed by atoms with E-state index in [0.29, 0.717) is 12.1 Å². The van der Waals surface area contributed by atoms with Crippen molar-refractivity contribution in [1.82, 2.24) is 15.3 Å². The fourth-order valence-electron chi connectivity index (χ4n) is 2.82. The summed E-state index contributed by atoms with van der Waals surface area (Å²) < 4.78 is 5.44. The van der Waals surface area contributed by atoms with Crippen LogP contribution in [-0.2, 0) is 16.9 Å². The van der Waals surface area contributed by atoms with E-state index in [1.54, 1.807) is 11.8 Å². The van der Waals surface area contributed by atoms with Crippen molar-refractivity contribution in [3.05, 3.63) is 47.2 Å². The molecule has 6 nitrogen and oxygen atoms in total. The lowest BCUT2D eigenvalue weighted by Gasteiger charge is -2.28. The molecule has 1 aliphatic heterocycles. The summed E-state index contributed by atoms with van der Waals surface area (Å²) in [6, 6.07) is 9.79. The van der Waals surface area contributed by atoms with Gasteiger partial charge in [0.25, 0.3) is 5.91 Å². The molecule has 1 saturated heterocycles. The number of aryl methyl sites for hydroxylation is 1. The minimum atomic E-state index is -0.0363. The van der Waals surface area contributed by atoms with Crippen LogP contribution in [0.1, 0.15) is 35.5 Å². The van der Waals surface area contributed by atoms with Gasteiger partial charge in [0.2, 0.25) is 0 Å². The van der Waals surface area contributed by atoms with E-state index >= 15 is 0 Å². The van der Waals surface area contributed by atoms with Gasteiger partial charge in [-0.25, -0.2) is 9.97 Å². The van der Waals surface area contributed by atoms with Crippen molar-refractivity contribution >= 4 is 23.5 Å². The molecule has 0 unspecified atom stereocenters. The Bertz CT molecular complexity index is 761. The summed E-state index contributed by atoms with van der Waals surface area (Å²) >= 11 is 1.63. The number of amides is 1. The van der Waals surface area contributed by atoms with E-state index in [1.807, 2.05) is 31.2 Å².